The van der Waals surface area contributed by atoms with Crippen LogP contribution < -0.4 is 0 Å². The zero-order valence-corrected chi connectivity index (χ0v) is 26.1. The highest BCUT2D eigenvalue weighted by atomic mass is 15.0. The van der Waals surface area contributed by atoms with Gasteiger partial charge in [-0.15, -0.1) is 0 Å². The molecule has 3 nitrogen and oxygen atoms in total. The van der Waals surface area contributed by atoms with Crippen LogP contribution in [0.5, 0.6) is 0 Å². The Bertz CT molecular complexity index is 2600. The van der Waals surface area contributed by atoms with Crippen LogP contribution >= 0.6 is 0 Å². The Labute approximate surface area is 278 Å². The normalized spacial score (nSPS) is 11.3. The van der Waals surface area contributed by atoms with Crippen LogP contribution in [0.15, 0.2) is 176 Å². The van der Waals surface area contributed by atoms with E-state index in [-0.39, 0.29) is 0 Å². The predicted octanol–water partition coefficient (Wildman–Crippen LogP) is 11.7. The lowest BCUT2D eigenvalue weighted by Gasteiger charge is -2.16. The number of nitrogens with zero attached hydrogens (tertiary/aromatic N) is 3. The lowest BCUT2D eigenvalue weighted by Crippen LogP contribution is -2.01. The van der Waals surface area contributed by atoms with Gasteiger partial charge in [0, 0.05) is 22.1 Å². The molecule has 9 rings (SSSR count). The minimum absolute atomic E-state index is 0.636. The minimum atomic E-state index is 0.636. The zero-order valence-electron chi connectivity index (χ0n) is 26.1. The third kappa shape index (κ3) is 4.90. The molecule has 0 amide bonds. The van der Waals surface area contributed by atoms with Crippen LogP contribution in [0.4, 0.5) is 0 Å². The van der Waals surface area contributed by atoms with Gasteiger partial charge in [-0.3, -0.25) is 0 Å². The molecule has 0 unspecified atom stereocenters. The van der Waals surface area contributed by atoms with Crippen LogP contribution in [0.3, 0.4) is 0 Å². The van der Waals surface area contributed by atoms with E-state index in [0.29, 0.717) is 17.5 Å². The average Bonchev–Trinajstić information content (AvgIpc) is 3.17. The van der Waals surface area contributed by atoms with E-state index in [0.717, 1.165) is 54.9 Å². The van der Waals surface area contributed by atoms with Crippen molar-refractivity contribution in [3.63, 3.8) is 0 Å². The second-order valence-electron chi connectivity index (χ2n) is 12.0. The Hall–Kier alpha value is -6.45. The first-order chi connectivity index (χ1) is 23.8. The first-order valence-corrected chi connectivity index (χ1v) is 16.2. The second kappa shape index (κ2) is 11.7. The van der Waals surface area contributed by atoms with Gasteiger partial charge in [0.15, 0.2) is 17.5 Å². The van der Waals surface area contributed by atoms with E-state index < -0.39 is 0 Å². The summed E-state index contributed by atoms with van der Waals surface area (Å²) >= 11 is 0. The van der Waals surface area contributed by atoms with Crippen molar-refractivity contribution in [2.45, 2.75) is 0 Å². The first kappa shape index (κ1) is 27.8. The Kier molecular flexibility index (Phi) is 6.80. The van der Waals surface area contributed by atoms with Gasteiger partial charge in [0.2, 0.25) is 0 Å². The fourth-order valence-corrected chi connectivity index (χ4v) is 6.82. The quantitative estimate of drug-likeness (QED) is 0.144. The topological polar surface area (TPSA) is 38.7 Å². The second-order valence-corrected chi connectivity index (χ2v) is 12.0. The highest BCUT2D eigenvalue weighted by molar-refractivity contribution is 6.21. The van der Waals surface area contributed by atoms with E-state index in [9.17, 15) is 0 Å². The summed E-state index contributed by atoms with van der Waals surface area (Å²) in [5, 5.41) is 6.93. The predicted molar refractivity (Wildman–Crippen MR) is 200 cm³/mol. The molecule has 9 aromatic rings. The first-order valence-electron chi connectivity index (χ1n) is 16.2. The van der Waals surface area contributed by atoms with Gasteiger partial charge in [0.25, 0.3) is 0 Å². The Balaban J connectivity index is 1.35. The van der Waals surface area contributed by atoms with Crippen molar-refractivity contribution in [1.82, 2.24) is 15.0 Å². The fourth-order valence-electron chi connectivity index (χ4n) is 6.82. The Morgan fingerprint density at radius 2 is 0.812 bits per heavy atom. The molecule has 1 aromatic heterocycles. The van der Waals surface area contributed by atoms with Gasteiger partial charge in [-0.2, -0.15) is 0 Å². The minimum Gasteiger partial charge on any atom is -0.208 e. The summed E-state index contributed by atoms with van der Waals surface area (Å²) in [6, 6.07) is 61.6. The third-order valence-corrected chi connectivity index (χ3v) is 9.09. The molecule has 0 radical (unpaired) electrons. The molecule has 0 fully saturated rings. The van der Waals surface area contributed by atoms with Gasteiger partial charge in [0.1, 0.15) is 0 Å². The zero-order chi connectivity index (χ0) is 31.9. The molecule has 0 atom stereocenters. The van der Waals surface area contributed by atoms with Crippen molar-refractivity contribution in [2.75, 3.05) is 0 Å². The molecule has 0 N–H and O–H groups in total. The van der Waals surface area contributed by atoms with Crippen LogP contribution in [0.2, 0.25) is 0 Å². The molecule has 0 saturated carbocycles. The fraction of sp³-hybridized carbons (Fsp3) is 0. The molecule has 8 aromatic carbocycles. The molecule has 0 bridgehead atoms. The number of hydrogen-bond donors (Lipinski definition) is 0. The van der Waals surface area contributed by atoms with Gasteiger partial charge in [-0.25, -0.2) is 15.0 Å². The van der Waals surface area contributed by atoms with E-state index >= 15 is 0 Å². The largest absolute Gasteiger partial charge is 0.208 e. The van der Waals surface area contributed by atoms with Crippen molar-refractivity contribution in [1.29, 1.82) is 0 Å². The van der Waals surface area contributed by atoms with E-state index in [2.05, 4.69) is 158 Å². The summed E-state index contributed by atoms with van der Waals surface area (Å²) < 4.78 is 0. The molecule has 0 spiro atoms. The highest BCUT2D eigenvalue weighted by Gasteiger charge is 2.19. The molecule has 1 heterocycles. The van der Waals surface area contributed by atoms with Crippen LogP contribution in [-0.4, -0.2) is 15.0 Å². The summed E-state index contributed by atoms with van der Waals surface area (Å²) in [7, 11) is 0. The molecular formula is C45H29N3. The number of benzene rings is 8. The van der Waals surface area contributed by atoms with Crippen LogP contribution in [0, 0.1) is 0 Å². The van der Waals surface area contributed by atoms with E-state index in [1.54, 1.807) is 0 Å². The third-order valence-electron chi connectivity index (χ3n) is 9.09. The monoisotopic (exact) mass is 611 g/mol. The molecule has 3 heteroatoms. The van der Waals surface area contributed by atoms with Crippen LogP contribution in [-0.2, 0) is 0 Å². The van der Waals surface area contributed by atoms with Crippen molar-refractivity contribution < 1.29 is 0 Å². The molecule has 48 heavy (non-hydrogen) atoms. The summed E-state index contributed by atoms with van der Waals surface area (Å²) in [5.74, 6) is 1.94. The van der Waals surface area contributed by atoms with Gasteiger partial charge in [0.05, 0.1) is 0 Å². The lowest BCUT2D eigenvalue weighted by atomic mass is 9.92. The van der Waals surface area contributed by atoms with E-state index in [1.165, 1.54) is 16.3 Å². The van der Waals surface area contributed by atoms with Gasteiger partial charge in [-0.1, -0.05) is 164 Å². The number of hydrogen-bond acceptors (Lipinski definition) is 3. The van der Waals surface area contributed by atoms with Gasteiger partial charge >= 0.3 is 0 Å². The number of fused-ring (bicyclic) bond motifs is 4. The van der Waals surface area contributed by atoms with Crippen LogP contribution in [0.1, 0.15) is 0 Å². The smallest absolute Gasteiger partial charge is 0.165 e. The van der Waals surface area contributed by atoms with Crippen molar-refractivity contribution in [3.8, 4) is 56.4 Å². The van der Waals surface area contributed by atoms with Crippen LogP contribution in [0.25, 0.3) is 88.7 Å². The van der Waals surface area contributed by atoms with Crippen molar-refractivity contribution >= 4 is 32.3 Å². The number of rotatable bonds is 5. The maximum Gasteiger partial charge on any atom is 0.165 e. The van der Waals surface area contributed by atoms with E-state index in [1.807, 2.05) is 18.2 Å². The maximum atomic E-state index is 5.32. The molecular weight excluding hydrogens is 583 g/mol. The molecule has 0 aliphatic rings. The molecule has 0 aliphatic heterocycles. The highest BCUT2D eigenvalue weighted by Crippen LogP contribution is 2.41. The summed E-state index contributed by atoms with van der Waals surface area (Å²) in [5.41, 5.74) is 7.49. The van der Waals surface area contributed by atoms with Crippen molar-refractivity contribution in [2.24, 2.45) is 0 Å². The summed E-state index contributed by atoms with van der Waals surface area (Å²) in [6.45, 7) is 0. The van der Waals surface area contributed by atoms with Gasteiger partial charge < -0.3 is 0 Å². The molecule has 224 valence electrons. The van der Waals surface area contributed by atoms with E-state index in [4.69, 9.17) is 15.0 Å². The number of aromatic nitrogens is 3. The Morgan fingerprint density at radius 3 is 1.52 bits per heavy atom. The Morgan fingerprint density at radius 1 is 0.292 bits per heavy atom. The lowest BCUT2D eigenvalue weighted by molar-refractivity contribution is 1.08. The van der Waals surface area contributed by atoms with Gasteiger partial charge in [-0.05, 0) is 61.3 Å². The average molecular weight is 612 g/mol. The molecule has 0 saturated heterocycles. The molecule has 0 aliphatic carbocycles. The summed E-state index contributed by atoms with van der Waals surface area (Å²) in [6.07, 6.45) is 0. The standard InChI is InChI=1S/C45H29N3/c1-4-14-30(15-5-1)37-27-26-36(29-40(37)31-16-6-2-7-17-31)44-46-43(33-19-8-3-9-20-33)47-45(48-44)42-39-23-13-11-21-34(39)28-35-25-24-32-18-10-12-22-38(32)41(35)42/h1-29H. The maximum absolute atomic E-state index is 5.32. The van der Waals surface area contributed by atoms with Crippen molar-refractivity contribution in [3.05, 3.63) is 176 Å². The summed E-state index contributed by atoms with van der Waals surface area (Å²) in [4.78, 5) is 15.7. The SMILES string of the molecule is c1ccc(-c2nc(-c3ccc(-c4ccccc4)c(-c4ccccc4)c3)nc(-c3c4ccccc4cc4ccc5ccccc5c34)n2)cc1.